The molecule has 0 aliphatic heterocycles. The van der Waals surface area contributed by atoms with E-state index in [0.29, 0.717) is 49.3 Å². The number of hydrogen-bond acceptors (Lipinski definition) is 6. The molecule has 0 aliphatic carbocycles. The van der Waals surface area contributed by atoms with Crippen molar-refractivity contribution in [1.29, 1.82) is 0 Å². The molecule has 6 nitrogen and oxygen atoms in total. The van der Waals surface area contributed by atoms with Crippen molar-refractivity contribution in [3.8, 4) is 0 Å². The summed E-state index contributed by atoms with van der Waals surface area (Å²) in [5, 5.41) is 6.80. The van der Waals surface area contributed by atoms with Crippen LogP contribution in [0.25, 0.3) is 0 Å². The van der Waals surface area contributed by atoms with Gasteiger partial charge in [-0.05, 0) is 84.3 Å². The van der Waals surface area contributed by atoms with Crippen molar-refractivity contribution in [2.24, 2.45) is 11.8 Å². The zero-order valence-electron chi connectivity index (χ0n) is 24.4. The second-order valence-electron chi connectivity index (χ2n) is 10.6. The van der Waals surface area contributed by atoms with Crippen LogP contribution in [0.4, 0.5) is 11.4 Å². The summed E-state index contributed by atoms with van der Waals surface area (Å²) in [7, 11) is 0. The number of carbonyl (C=O) groups excluding carboxylic acids is 2. The van der Waals surface area contributed by atoms with E-state index in [2.05, 4.69) is 62.6 Å². The van der Waals surface area contributed by atoms with Gasteiger partial charge in [-0.15, -0.1) is 0 Å². The van der Waals surface area contributed by atoms with Crippen LogP contribution < -0.4 is 10.6 Å². The van der Waals surface area contributed by atoms with Crippen LogP contribution in [0.3, 0.4) is 0 Å². The average Bonchev–Trinajstić information content (AvgIpc) is 2.99. The smallest absolute Gasteiger partial charge is 0.338 e. The Morgan fingerprint density at radius 1 is 0.600 bits per heavy atom. The van der Waals surface area contributed by atoms with Crippen molar-refractivity contribution in [3.63, 3.8) is 0 Å². The van der Waals surface area contributed by atoms with Gasteiger partial charge in [0.1, 0.15) is 0 Å². The molecular weight excluding hydrogens is 500 g/mol. The predicted octanol–water partition coefficient (Wildman–Crippen LogP) is 8.10. The van der Waals surface area contributed by atoms with Crippen molar-refractivity contribution in [2.45, 2.75) is 66.5 Å². The summed E-state index contributed by atoms with van der Waals surface area (Å²) in [5.74, 6) is 0.574. The van der Waals surface area contributed by atoms with Gasteiger partial charge in [-0.1, -0.05) is 64.8 Å². The summed E-state index contributed by atoms with van der Waals surface area (Å²) in [6.07, 6.45) is 3.96. The predicted molar refractivity (Wildman–Crippen MR) is 163 cm³/mol. The summed E-state index contributed by atoms with van der Waals surface area (Å²) in [6, 6.07) is 23.2. The van der Waals surface area contributed by atoms with Crippen LogP contribution in [0.5, 0.6) is 0 Å². The van der Waals surface area contributed by atoms with Gasteiger partial charge >= 0.3 is 11.9 Å². The van der Waals surface area contributed by atoms with Gasteiger partial charge in [-0.3, -0.25) is 0 Å². The van der Waals surface area contributed by atoms with Gasteiger partial charge in [-0.25, -0.2) is 9.59 Å². The Morgan fingerprint density at radius 3 is 1.27 bits per heavy atom. The third-order valence-electron chi connectivity index (χ3n) is 7.34. The minimum absolute atomic E-state index is 0.273. The maximum Gasteiger partial charge on any atom is 0.338 e. The van der Waals surface area contributed by atoms with Gasteiger partial charge in [0, 0.05) is 24.5 Å². The topological polar surface area (TPSA) is 76.7 Å². The molecule has 3 aromatic rings. The number of anilines is 2. The van der Waals surface area contributed by atoms with Crippen molar-refractivity contribution in [3.05, 3.63) is 95.1 Å². The number of esters is 2. The molecule has 3 aromatic carbocycles. The molecular formula is C34H44N2O4. The first-order valence-corrected chi connectivity index (χ1v) is 14.5. The van der Waals surface area contributed by atoms with Crippen molar-refractivity contribution in [1.82, 2.24) is 0 Å². The first kappa shape index (κ1) is 30.7. The Bertz CT molecular complexity index is 1080. The molecule has 40 heavy (non-hydrogen) atoms. The van der Waals surface area contributed by atoms with Gasteiger partial charge in [0.25, 0.3) is 0 Å². The van der Waals surface area contributed by atoms with E-state index in [-0.39, 0.29) is 11.9 Å². The second-order valence-corrected chi connectivity index (χ2v) is 10.6. The SMILES string of the molecule is CCC(C)CCOC(=O)c1ccc(NCc2ccc(CNc3ccc(C(=O)OCCC(C)CC)cc3)cc2)cc1. The van der Waals surface area contributed by atoms with Gasteiger partial charge in [0.2, 0.25) is 0 Å². The Kier molecular flexibility index (Phi) is 12.6. The number of nitrogens with one attached hydrogen (secondary N) is 2. The second kappa shape index (κ2) is 16.3. The molecule has 0 aliphatic rings. The molecule has 0 saturated heterocycles. The summed E-state index contributed by atoms with van der Waals surface area (Å²) in [6.45, 7) is 10.9. The third kappa shape index (κ3) is 10.4. The van der Waals surface area contributed by atoms with Crippen LogP contribution in [-0.2, 0) is 22.6 Å². The van der Waals surface area contributed by atoms with Crippen LogP contribution >= 0.6 is 0 Å². The third-order valence-corrected chi connectivity index (χ3v) is 7.34. The average molecular weight is 545 g/mol. The summed E-state index contributed by atoms with van der Waals surface area (Å²) in [4.78, 5) is 24.4. The van der Waals surface area contributed by atoms with E-state index >= 15 is 0 Å². The molecule has 2 atom stereocenters. The molecule has 2 N–H and O–H groups in total. The number of rotatable bonds is 16. The Labute approximate surface area is 239 Å². The Hall–Kier alpha value is -3.80. The highest BCUT2D eigenvalue weighted by molar-refractivity contribution is 5.90. The monoisotopic (exact) mass is 544 g/mol. The fourth-order valence-corrected chi connectivity index (χ4v) is 3.91. The maximum atomic E-state index is 12.2. The summed E-state index contributed by atoms with van der Waals surface area (Å²) >= 11 is 0. The molecule has 0 fully saturated rings. The fraction of sp³-hybridized carbons (Fsp3) is 0.412. The van der Waals surface area contributed by atoms with Gasteiger partial charge < -0.3 is 20.1 Å². The van der Waals surface area contributed by atoms with Gasteiger partial charge in [0.15, 0.2) is 0 Å². The Balaban J connectivity index is 1.39. The number of hydrogen-bond donors (Lipinski definition) is 2. The van der Waals surface area contributed by atoms with Crippen molar-refractivity contribution in [2.75, 3.05) is 23.8 Å². The molecule has 6 heteroatoms. The van der Waals surface area contributed by atoms with E-state index in [1.54, 1.807) is 24.3 Å². The van der Waals surface area contributed by atoms with E-state index < -0.39 is 0 Å². The van der Waals surface area contributed by atoms with Crippen LogP contribution in [-0.4, -0.2) is 25.2 Å². The van der Waals surface area contributed by atoms with Crippen molar-refractivity contribution < 1.29 is 19.1 Å². The first-order valence-electron chi connectivity index (χ1n) is 14.5. The van der Waals surface area contributed by atoms with E-state index in [1.165, 1.54) is 0 Å². The lowest BCUT2D eigenvalue weighted by Crippen LogP contribution is -2.09. The highest BCUT2D eigenvalue weighted by atomic mass is 16.5. The number of carbonyl (C=O) groups is 2. The lowest BCUT2D eigenvalue weighted by atomic mass is 10.1. The van der Waals surface area contributed by atoms with Crippen LogP contribution in [0.2, 0.25) is 0 Å². The molecule has 2 unspecified atom stereocenters. The number of benzene rings is 3. The molecule has 0 spiro atoms. The zero-order chi connectivity index (χ0) is 28.7. The minimum Gasteiger partial charge on any atom is -0.462 e. The molecule has 0 bridgehead atoms. The molecule has 3 rings (SSSR count). The van der Waals surface area contributed by atoms with E-state index in [4.69, 9.17) is 9.47 Å². The lowest BCUT2D eigenvalue weighted by Gasteiger charge is -2.11. The van der Waals surface area contributed by atoms with Crippen LogP contribution in [0, 0.1) is 11.8 Å². The summed E-state index contributed by atoms with van der Waals surface area (Å²) < 4.78 is 10.8. The highest BCUT2D eigenvalue weighted by Gasteiger charge is 2.09. The van der Waals surface area contributed by atoms with E-state index in [9.17, 15) is 9.59 Å². The highest BCUT2D eigenvalue weighted by Crippen LogP contribution is 2.16. The zero-order valence-corrected chi connectivity index (χ0v) is 24.4. The summed E-state index contributed by atoms with van der Waals surface area (Å²) in [5.41, 5.74) is 5.35. The van der Waals surface area contributed by atoms with Gasteiger partial charge in [-0.2, -0.15) is 0 Å². The fourth-order valence-electron chi connectivity index (χ4n) is 3.91. The van der Waals surface area contributed by atoms with E-state index in [1.807, 2.05) is 24.3 Å². The molecule has 0 radical (unpaired) electrons. The molecule has 0 heterocycles. The number of ether oxygens (including phenoxy) is 2. The molecule has 0 saturated carbocycles. The first-order chi connectivity index (χ1) is 19.4. The quantitative estimate of drug-likeness (QED) is 0.177. The van der Waals surface area contributed by atoms with Crippen molar-refractivity contribution >= 4 is 23.3 Å². The van der Waals surface area contributed by atoms with Gasteiger partial charge in [0.05, 0.1) is 24.3 Å². The van der Waals surface area contributed by atoms with E-state index in [0.717, 1.165) is 48.2 Å². The maximum absolute atomic E-state index is 12.2. The minimum atomic E-state index is -0.273. The standard InChI is InChI=1S/C34H44N2O4/c1-5-25(3)19-21-39-33(37)29-11-15-31(16-12-29)35-23-27-7-9-28(10-8-27)24-36-32-17-13-30(14-18-32)34(38)40-22-20-26(4)6-2/h7-18,25-26,35-36H,5-6,19-24H2,1-4H3. The molecule has 0 aromatic heterocycles. The Morgan fingerprint density at radius 2 is 0.950 bits per heavy atom. The largest absolute Gasteiger partial charge is 0.462 e. The van der Waals surface area contributed by atoms with Crippen LogP contribution in [0.15, 0.2) is 72.8 Å². The lowest BCUT2D eigenvalue weighted by molar-refractivity contribution is 0.0475. The molecule has 214 valence electrons. The normalized spacial score (nSPS) is 12.3. The van der Waals surface area contributed by atoms with Crippen LogP contribution in [0.1, 0.15) is 85.2 Å². The molecule has 0 amide bonds.